The van der Waals surface area contributed by atoms with Crippen LogP contribution in [0.1, 0.15) is 12.8 Å². The van der Waals surface area contributed by atoms with E-state index in [1.807, 2.05) is 0 Å². The van der Waals surface area contributed by atoms with Gasteiger partial charge in [-0.05, 0) is 12.8 Å². The van der Waals surface area contributed by atoms with Crippen molar-refractivity contribution in [2.75, 3.05) is 0 Å². The Morgan fingerprint density at radius 1 is 0.560 bits per heavy atom. The van der Waals surface area contributed by atoms with E-state index in [1.165, 1.54) is 0 Å². The third-order valence-electron chi connectivity index (χ3n) is 3.56. The first kappa shape index (κ1) is 40.8. The molecule has 0 radical (unpaired) electrons. The Kier molecular flexibility index (Phi) is 27.9. The quantitative estimate of drug-likeness (QED) is 0.268. The van der Waals surface area contributed by atoms with E-state index in [0.717, 1.165) is 0 Å². The van der Waals surface area contributed by atoms with Gasteiger partial charge in [0.25, 0.3) is 0 Å². The van der Waals surface area contributed by atoms with Crippen molar-refractivity contribution in [3.63, 3.8) is 0 Å². The van der Waals surface area contributed by atoms with E-state index in [9.17, 15) is 49.5 Å². The summed E-state index contributed by atoms with van der Waals surface area (Å²) in [5.74, 6) is -14.4. The molecule has 15 heteroatoms. The van der Waals surface area contributed by atoms with Gasteiger partial charge in [0.2, 0.25) is 0 Å². The number of carboxylic acid groups (broad SMARTS) is 5. The number of carbonyl (C=O) groups is 5. The van der Waals surface area contributed by atoms with Crippen molar-refractivity contribution in [1.82, 2.24) is 0 Å². The molecule has 1 aliphatic rings. The normalized spacial score (nSPS) is 16.2. The van der Waals surface area contributed by atoms with Crippen molar-refractivity contribution < 1.29 is 306 Å². The van der Waals surface area contributed by atoms with Crippen LogP contribution in [0.3, 0.4) is 0 Å². The number of aliphatic carboxylic acids is 5. The van der Waals surface area contributed by atoms with Gasteiger partial charge in [-0.3, -0.25) is 0 Å². The summed E-state index contributed by atoms with van der Waals surface area (Å²) in [5.41, 5.74) is -7.26. The number of carbonyl (C=O) groups excluding carboxylic acids is 5. The summed E-state index contributed by atoms with van der Waals surface area (Å²) in [6.45, 7) is 0. The largest absolute Gasteiger partial charge is 1.00 e. The van der Waals surface area contributed by atoms with Gasteiger partial charge in [-0.1, -0.05) is 0 Å². The molecule has 0 N–H and O–H groups in total. The van der Waals surface area contributed by atoms with Crippen LogP contribution in [0, 0.1) is 16.7 Å². The second kappa shape index (κ2) is 17.1. The zero-order chi connectivity index (χ0) is 15.9. The molecule has 0 aromatic carbocycles. The molecule has 10 nitrogen and oxygen atoms in total. The molecule has 0 aromatic heterocycles. The van der Waals surface area contributed by atoms with E-state index < -0.39 is 59.4 Å². The van der Waals surface area contributed by atoms with Gasteiger partial charge < -0.3 is 49.5 Å². The van der Waals surface area contributed by atoms with E-state index >= 15 is 0 Å². The Morgan fingerprint density at radius 2 is 0.760 bits per heavy atom. The molecule has 0 bridgehead atoms. The van der Waals surface area contributed by atoms with Crippen molar-refractivity contribution in [3.05, 3.63) is 0 Å². The Labute approximate surface area is 354 Å². The Morgan fingerprint density at radius 3 is 0.880 bits per heavy atom. The van der Waals surface area contributed by atoms with Crippen molar-refractivity contribution in [3.8, 4) is 0 Å². The predicted molar refractivity (Wildman–Crippen MR) is 42.6 cm³/mol. The minimum Gasteiger partial charge on any atom is -0.550 e. The summed E-state index contributed by atoms with van der Waals surface area (Å²) in [6.07, 6.45) is -2.77. The Balaban J connectivity index is -0.000000267. The maximum Gasteiger partial charge on any atom is 1.00 e. The minimum atomic E-state index is -3.63. The van der Waals surface area contributed by atoms with Crippen LogP contribution in [0.25, 0.3) is 0 Å². The maximum absolute atomic E-state index is 11.0. The van der Waals surface area contributed by atoms with Gasteiger partial charge in [0.15, 0.2) is 0 Å². The van der Waals surface area contributed by atoms with Gasteiger partial charge in [-0.2, -0.15) is 0 Å². The fraction of sp³-hybridized carbons (Fsp3) is 0.500. The molecule has 0 heterocycles. The average Bonchev–Trinajstić information content (AvgIpc) is 2.66. The average molecular weight is 481 g/mol. The van der Waals surface area contributed by atoms with Crippen LogP contribution in [0.2, 0.25) is 0 Å². The number of rotatable bonds is 5. The molecule has 110 valence electrons. The van der Waals surface area contributed by atoms with Crippen LogP contribution in [0.15, 0.2) is 0 Å². The van der Waals surface area contributed by atoms with Crippen LogP contribution in [-0.2, 0) is 24.0 Å². The number of hydrogen-bond acceptors (Lipinski definition) is 10. The molecule has 0 saturated heterocycles. The number of carboxylic acids is 5. The fourth-order valence-corrected chi connectivity index (χ4v) is 2.52. The van der Waals surface area contributed by atoms with E-state index in [2.05, 4.69) is 0 Å². The van der Waals surface area contributed by atoms with Crippen LogP contribution >= 0.6 is 0 Å². The van der Waals surface area contributed by atoms with Gasteiger partial charge in [-0.25, -0.2) is 0 Å². The minimum absolute atomic E-state index is 0. The molecule has 0 spiro atoms. The van der Waals surface area contributed by atoms with Gasteiger partial charge in [0.1, 0.15) is 0 Å². The van der Waals surface area contributed by atoms with Crippen molar-refractivity contribution >= 4 is 29.8 Å². The van der Waals surface area contributed by atoms with Gasteiger partial charge in [-0.15, -0.1) is 0 Å². The molecule has 1 rings (SSSR count). The molecule has 0 aliphatic heterocycles. The monoisotopic (exact) mass is 480 g/mol. The van der Waals surface area contributed by atoms with Crippen LogP contribution in [-0.4, -0.2) is 29.8 Å². The van der Waals surface area contributed by atoms with Crippen LogP contribution < -0.4 is 282 Å². The van der Waals surface area contributed by atoms with Gasteiger partial charge >= 0.3 is 257 Å². The number of hydrogen-bond donors (Lipinski definition) is 0. The second-order valence-corrected chi connectivity index (χ2v) is 4.38. The van der Waals surface area contributed by atoms with Crippen molar-refractivity contribution in [2.24, 2.45) is 16.7 Å². The molecule has 1 fully saturated rings. The first-order valence-electron chi connectivity index (χ1n) is 5.10. The SMILES string of the molecule is O=C([O-])C1CC(C(=O)[O-])(C(=O)[O-])C(C(=O)[O-])(C(=O)[O-])C1.[K+].[K+].[K+].[K+].[K+]. The van der Waals surface area contributed by atoms with Gasteiger partial charge in [0, 0.05) is 11.9 Å². The molecule has 0 unspecified atom stereocenters. The second-order valence-electron chi connectivity index (χ2n) is 4.38. The Bertz CT molecular complexity index is 468. The third kappa shape index (κ3) is 8.11. The fourth-order valence-electron chi connectivity index (χ4n) is 2.52. The van der Waals surface area contributed by atoms with E-state index in [4.69, 9.17) is 0 Å². The molecule has 1 aliphatic carbocycles. The third-order valence-corrected chi connectivity index (χ3v) is 3.56. The molecule has 0 atom stereocenters. The topological polar surface area (TPSA) is 201 Å². The summed E-state index contributed by atoms with van der Waals surface area (Å²) in [4.78, 5) is 54.8. The zero-order valence-corrected chi connectivity index (χ0v) is 30.2. The van der Waals surface area contributed by atoms with E-state index in [1.54, 1.807) is 0 Å². The molecular formula is C10H5K5O10. The summed E-state index contributed by atoms with van der Waals surface area (Å²) in [7, 11) is 0. The molecule has 1 saturated carbocycles. The molecule has 0 aromatic rings. The Hall–Kier alpha value is 5.53. The standard InChI is InChI=1S/C10H10O10.5K/c11-4(12)3-1-9(5(13)14,6(15)16)10(2-3,7(17)18)8(19)20;;;;;/h3H,1-2H2,(H,11,12)(H,13,14)(H,15,16)(H,17,18)(H,19,20);;;;;/q;5*+1/p-5. The summed E-state index contributed by atoms with van der Waals surface area (Å²) in [5, 5.41) is 54.8. The first-order valence-corrected chi connectivity index (χ1v) is 5.10. The van der Waals surface area contributed by atoms with Gasteiger partial charge in [0.05, 0.1) is 34.7 Å². The summed E-state index contributed by atoms with van der Waals surface area (Å²) in [6, 6.07) is 0. The van der Waals surface area contributed by atoms with Crippen molar-refractivity contribution in [1.29, 1.82) is 0 Å². The maximum atomic E-state index is 11.0. The molecule has 0 amide bonds. The summed E-state index contributed by atoms with van der Waals surface area (Å²) >= 11 is 0. The molecular weight excluding hydrogens is 476 g/mol. The van der Waals surface area contributed by atoms with E-state index in [0.29, 0.717) is 0 Å². The van der Waals surface area contributed by atoms with Crippen LogP contribution in [0.4, 0.5) is 0 Å². The smallest absolute Gasteiger partial charge is 0.550 e. The van der Waals surface area contributed by atoms with Crippen molar-refractivity contribution in [2.45, 2.75) is 12.8 Å². The molecule has 25 heavy (non-hydrogen) atoms. The van der Waals surface area contributed by atoms with E-state index in [-0.39, 0.29) is 257 Å². The zero-order valence-electron chi connectivity index (χ0n) is 14.6. The van der Waals surface area contributed by atoms with Crippen LogP contribution in [0.5, 0.6) is 0 Å². The first-order chi connectivity index (χ1) is 9.04. The summed E-state index contributed by atoms with van der Waals surface area (Å²) < 4.78 is 0. The predicted octanol–water partition coefficient (Wildman–Crippen LogP) is -22.9.